The molecule has 0 N–H and O–H groups in total. The fourth-order valence-electron chi connectivity index (χ4n) is 10.4. The predicted octanol–water partition coefficient (Wildman–Crippen LogP) is 17.7. The first-order valence-electron chi connectivity index (χ1n) is 23.0. The van der Waals surface area contributed by atoms with Crippen molar-refractivity contribution in [3.8, 4) is 74.1 Å². The van der Waals surface area contributed by atoms with Crippen molar-refractivity contribution in [2.24, 2.45) is 0 Å². The van der Waals surface area contributed by atoms with E-state index in [1.807, 2.05) is 115 Å². The molecule has 2 aromatic heterocycles. The number of aryl methyl sites for hydroxylation is 1. The zero-order chi connectivity index (χ0) is 52.3. The van der Waals surface area contributed by atoms with Gasteiger partial charge < -0.3 is 9.13 Å². The van der Waals surface area contributed by atoms with Gasteiger partial charge in [0.15, 0.2) is 22.7 Å². The molecule has 9 nitrogen and oxygen atoms in total. The van der Waals surface area contributed by atoms with E-state index in [2.05, 4.69) is 46.7 Å². The molecule has 0 saturated carbocycles. The number of rotatable bonds is 6. The van der Waals surface area contributed by atoms with E-state index < -0.39 is 11.7 Å². The van der Waals surface area contributed by atoms with Crippen LogP contribution in [0.5, 0.6) is 0 Å². The van der Waals surface area contributed by atoms with Crippen LogP contribution in [0.15, 0.2) is 164 Å². The summed E-state index contributed by atoms with van der Waals surface area (Å²) in [6, 6.07) is 54.2. The number of hydrogen-bond acceptors (Lipinski definition) is 3. The Balaban J connectivity index is 1.21. The van der Waals surface area contributed by atoms with E-state index in [9.17, 15) is 29.0 Å². The van der Waals surface area contributed by atoms with Crippen molar-refractivity contribution in [1.29, 1.82) is 15.8 Å². The van der Waals surface area contributed by atoms with Gasteiger partial charge in [0.25, 0.3) is 0 Å². The summed E-state index contributed by atoms with van der Waals surface area (Å²) in [5.74, 6) is 0. The van der Waals surface area contributed by atoms with Crippen LogP contribution in [0.25, 0.3) is 119 Å². The van der Waals surface area contributed by atoms with E-state index in [1.54, 1.807) is 13.0 Å². The van der Waals surface area contributed by atoms with Gasteiger partial charge in [0.2, 0.25) is 0 Å². The number of nitrogens with zero attached hydrogens (tertiary/aromatic N) is 9. The zero-order valence-electron chi connectivity index (χ0n) is 39.2. The smallest absolute Gasteiger partial charge is 0.310 e. The first kappa shape index (κ1) is 46.2. The Kier molecular flexibility index (Phi) is 11.0. The van der Waals surface area contributed by atoms with Crippen molar-refractivity contribution in [2.75, 3.05) is 0 Å². The maximum absolute atomic E-state index is 14.0. The molecule has 12 heteroatoms. The second-order valence-electron chi connectivity index (χ2n) is 17.7. The number of fused-ring (bicyclic) bond motifs is 6. The maximum Gasteiger partial charge on any atom is 0.416 e. The molecule has 2 heterocycles. The Labute approximate surface area is 427 Å². The van der Waals surface area contributed by atoms with Gasteiger partial charge in [-0.15, -0.1) is 0 Å². The summed E-state index contributed by atoms with van der Waals surface area (Å²) in [7, 11) is 0. The highest BCUT2D eigenvalue weighted by Crippen LogP contribution is 2.47. The molecule has 0 fully saturated rings. The van der Waals surface area contributed by atoms with Crippen molar-refractivity contribution in [2.45, 2.75) is 13.1 Å². The van der Waals surface area contributed by atoms with E-state index in [0.29, 0.717) is 67.1 Å². The lowest BCUT2D eigenvalue weighted by Gasteiger charge is -2.21. The van der Waals surface area contributed by atoms with Crippen LogP contribution in [-0.4, -0.2) is 9.13 Å². The molecule has 0 aliphatic heterocycles. The number of aromatic nitrogens is 2. The zero-order valence-corrected chi connectivity index (χ0v) is 39.2. The van der Waals surface area contributed by atoms with Gasteiger partial charge >= 0.3 is 6.18 Å². The number of alkyl halides is 3. The second-order valence-corrected chi connectivity index (χ2v) is 17.7. The standard InChI is InChI=1S/C63H30F3N9/c1-36-24-43(63(64,65)66)17-20-46(36)38-14-19-49(59(31-38)74-55-12-8-6-10-47(55)51-29-39(15-22-57(51)74)61-41(34-68)27-45(71-3)28-42(61)35-69)50-21-18-44(70-2)32-60(50)75-56-13-9-7-11-48(56)52-30-40(16-23-58(52)75)62-53(72-4)25-37(33-67)26-54(62)73-5/h6-32H,1H3. The van der Waals surface area contributed by atoms with Crippen LogP contribution in [-0.2, 0) is 6.18 Å². The molecule has 0 aliphatic rings. The van der Waals surface area contributed by atoms with Crippen molar-refractivity contribution >= 4 is 66.4 Å². The average Bonchev–Trinajstić information content (AvgIpc) is 3.99. The Hall–Kier alpha value is -11.2. The van der Waals surface area contributed by atoms with Crippen LogP contribution in [0.2, 0.25) is 0 Å². The number of halogens is 3. The van der Waals surface area contributed by atoms with Crippen molar-refractivity contribution in [1.82, 2.24) is 9.13 Å². The third kappa shape index (κ3) is 7.51. The third-order valence-corrected chi connectivity index (χ3v) is 13.6. The summed E-state index contributed by atoms with van der Waals surface area (Å²) >= 11 is 0. The summed E-state index contributed by atoms with van der Waals surface area (Å²) in [6.45, 7) is 33.4. The molecule has 11 rings (SSSR count). The van der Waals surface area contributed by atoms with Gasteiger partial charge in [-0.25, -0.2) is 19.4 Å². The van der Waals surface area contributed by atoms with Gasteiger partial charge in [0, 0.05) is 49.5 Å². The minimum atomic E-state index is -4.55. The molecule has 0 amide bonds. The molecule has 0 unspecified atom stereocenters. The second kappa shape index (κ2) is 17.9. The van der Waals surface area contributed by atoms with Gasteiger partial charge in [-0.05, 0) is 125 Å². The van der Waals surface area contributed by atoms with Gasteiger partial charge in [-0.2, -0.15) is 29.0 Å². The van der Waals surface area contributed by atoms with E-state index >= 15 is 0 Å². The Morgan fingerprint density at radius 2 is 0.933 bits per heavy atom. The molecule has 0 radical (unpaired) electrons. The minimum Gasteiger partial charge on any atom is -0.310 e. The molecular formula is C63H30F3N9. The van der Waals surface area contributed by atoms with E-state index in [-0.39, 0.29) is 33.8 Å². The van der Waals surface area contributed by atoms with Gasteiger partial charge in [0.05, 0.1) is 88.9 Å². The van der Waals surface area contributed by atoms with Crippen molar-refractivity contribution in [3.05, 3.63) is 237 Å². The molecule has 0 aliphatic carbocycles. The summed E-state index contributed by atoms with van der Waals surface area (Å²) in [4.78, 5) is 14.8. The molecule has 348 valence electrons. The Bertz CT molecular complexity index is 4570. The molecule has 0 spiro atoms. The molecule has 75 heavy (non-hydrogen) atoms. The van der Waals surface area contributed by atoms with Gasteiger partial charge in [-0.1, -0.05) is 78.9 Å². The lowest BCUT2D eigenvalue weighted by Crippen LogP contribution is -2.05. The first-order chi connectivity index (χ1) is 36.4. The van der Waals surface area contributed by atoms with Crippen molar-refractivity contribution < 1.29 is 13.2 Å². The minimum absolute atomic E-state index is 0.170. The number of para-hydroxylation sites is 2. The number of nitriles is 3. The quantitative estimate of drug-likeness (QED) is 0.155. The fraction of sp³-hybridized carbons (Fsp3) is 0.0317. The topological polar surface area (TPSA) is 98.7 Å². The molecule has 11 aromatic rings. The van der Waals surface area contributed by atoms with Crippen LogP contribution in [0.1, 0.15) is 27.8 Å². The van der Waals surface area contributed by atoms with Gasteiger partial charge in [0.1, 0.15) is 0 Å². The molecule has 9 aromatic carbocycles. The third-order valence-electron chi connectivity index (χ3n) is 13.6. The highest BCUT2D eigenvalue weighted by Gasteiger charge is 2.31. The van der Waals surface area contributed by atoms with E-state index in [4.69, 9.17) is 26.3 Å². The molecule has 0 atom stereocenters. The van der Waals surface area contributed by atoms with Crippen LogP contribution in [0.4, 0.5) is 35.9 Å². The highest BCUT2D eigenvalue weighted by molar-refractivity contribution is 6.13. The molecular weight excluding hydrogens is 940 g/mol. The molecule has 0 saturated heterocycles. The van der Waals surface area contributed by atoms with Gasteiger partial charge in [-0.3, -0.25) is 0 Å². The summed E-state index contributed by atoms with van der Waals surface area (Å²) in [5.41, 5.74) is 10.1. The lowest BCUT2D eigenvalue weighted by molar-refractivity contribution is -0.137. The van der Waals surface area contributed by atoms with E-state index in [0.717, 1.165) is 55.7 Å². The van der Waals surface area contributed by atoms with E-state index in [1.165, 1.54) is 30.3 Å². The Morgan fingerprint density at radius 1 is 0.440 bits per heavy atom. The largest absolute Gasteiger partial charge is 0.416 e. The lowest BCUT2D eigenvalue weighted by atomic mass is 9.93. The number of benzene rings is 9. The van der Waals surface area contributed by atoms with Crippen LogP contribution in [0, 0.1) is 67.2 Å². The normalized spacial score (nSPS) is 11.1. The number of hydrogen-bond donors (Lipinski definition) is 0. The SMILES string of the molecule is [C-]#[N+]c1cc(C#N)c(-c2ccc3c(c2)c2ccccc2n3-c2cc(-c3ccc(C(F)(F)F)cc3C)ccc2-c2ccc([N+]#[C-])cc2-n2c3ccccc3c3cc(-c4c([N+]#[C-])cc(C#N)cc4[N+]#[C-])ccc32)c(C#N)c1. The van der Waals surface area contributed by atoms with Crippen LogP contribution < -0.4 is 0 Å². The van der Waals surface area contributed by atoms with Crippen LogP contribution >= 0.6 is 0 Å². The predicted molar refractivity (Wildman–Crippen MR) is 286 cm³/mol. The average molecular weight is 970 g/mol. The maximum atomic E-state index is 14.0. The summed E-state index contributed by atoms with van der Waals surface area (Å²) in [6.07, 6.45) is -4.55. The Morgan fingerprint density at radius 3 is 1.44 bits per heavy atom. The first-order valence-corrected chi connectivity index (χ1v) is 23.0. The summed E-state index contributed by atoms with van der Waals surface area (Å²) in [5, 5.41) is 33.5. The molecule has 0 bridgehead atoms. The monoisotopic (exact) mass is 969 g/mol. The van der Waals surface area contributed by atoms with Crippen molar-refractivity contribution in [3.63, 3.8) is 0 Å². The summed E-state index contributed by atoms with van der Waals surface area (Å²) < 4.78 is 46.3. The fourth-order valence-corrected chi connectivity index (χ4v) is 10.4. The highest BCUT2D eigenvalue weighted by atomic mass is 19.4. The van der Waals surface area contributed by atoms with Crippen LogP contribution in [0.3, 0.4) is 0 Å².